The molecule has 0 spiro atoms. The molecule has 14 nitrogen and oxygen atoms in total. The molecule has 306 valence electrons. The number of anilines is 2. The molecule has 4 aliphatic rings. The van der Waals surface area contributed by atoms with Gasteiger partial charge in [0.05, 0.1) is 35.8 Å². The maximum atomic E-state index is 14.7. The highest BCUT2D eigenvalue weighted by atomic mass is 16.5. The first-order valence-corrected chi connectivity index (χ1v) is 20.4. The quantitative estimate of drug-likeness (QED) is 0.281. The second kappa shape index (κ2) is 16.0. The highest BCUT2D eigenvalue weighted by molar-refractivity contribution is 6.04. The van der Waals surface area contributed by atoms with E-state index in [1.807, 2.05) is 50.2 Å². The number of piperidine rings is 2. The fourth-order valence-electron chi connectivity index (χ4n) is 10.3. The summed E-state index contributed by atoms with van der Waals surface area (Å²) in [6.45, 7) is 18.6. The lowest BCUT2D eigenvalue weighted by Gasteiger charge is -2.66. The summed E-state index contributed by atoms with van der Waals surface area (Å²) < 4.78 is 6.67. The summed E-state index contributed by atoms with van der Waals surface area (Å²) in [6.07, 6.45) is 5.58. The van der Waals surface area contributed by atoms with Crippen molar-refractivity contribution in [3.63, 3.8) is 0 Å². The van der Waals surface area contributed by atoms with Crippen LogP contribution in [0.1, 0.15) is 91.0 Å². The summed E-state index contributed by atoms with van der Waals surface area (Å²) >= 11 is 0. The minimum absolute atomic E-state index is 0.0274. The molecule has 0 radical (unpaired) electrons. The number of rotatable bonds is 10. The van der Waals surface area contributed by atoms with E-state index in [0.717, 1.165) is 81.2 Å². The normalized spacial score (nSPS) is 23.4. The van der Waals surface area contributed by atoms with Crippen molar-refractivity contribution in [2.75, 3.05) is 55.6 Å². The van der Waals surface area contributed by atoms with E-state index in [-0.39, 0.29) is 42.6 Å². The zero-order valence-corrected chi connectivity index (χ0v) is 34.5. The molecule has 4 heterocycles. The third kappa shape index (κ3) is 7.84. The highest BCUT2D eigenvalue weighted by Crippen LogP contribution is 2.59. The average molecular weight is 790 g/mol. The molecule has 1 aliphatic carbocycles. The van der Waals surface area contributed by atoms with Crippen molar-refractivity contribution in [3.05, 3.63) is 76.9 Å². The van der Waals surface area contributed by atoms with Gasteiger partial charge in [0, 0.05) is 74.3 Å². The van der Waals surface area contributed by atoms with Gasteiger partial charge in [-0.05, 0) is 86.6 Å². The molecular weight excluding hydrogens is 735 g/mol. The van der Waals surface area contributed by atoms with Gasteiger partial charge in [-0.25, -0.2) is 9.97 Å². The fraction of sp³-hybridized carbons (Fsp3) is 0.523. The summed E-state index contributed by atoms with van der Waals surface area (Å²) in [5.74, 6) is -0.371. The van der Waals surface area contributed by atoms with E-state index in [0.29, 0.717) is 22.8 Å². The first-order valence-electron chi connectivity index (χ1n) is 20.4. The van der Waals surface area contributed by atoms with E-state index in [4.69, 9.17) is 10.5 Å². The summed E-state index contributed by atoms with van der Waals surface area (Å²) in [7, 11) is 0. The monoisotopic (exact) mass is 789 g/mol. The van der Waals surface area contributed by atoms with Crippen LogP contribution in [-0.4, -0.2) is 107 Å². The topological polar surface area (TPSA) is 178 Å². The molecular formula is C44H55N9O5. The number of nitriles is 1. The molecule has 4 fully saturated rings. The van der Waals surface area contributed by atoms with Crippen molar-refractivity contribution in [2.24, 2.45) is 22.5 Å². The number of nitrogens with two attached hydrogens (primary N) is 1. The molecule has 3 N–H and O–H groups in total. The number of nitrogens with one attached hydrogen (secondary N) is 1. The Kier molecular flexibility index (Phi) is 11.2. The maximum absolute atomic E-state index is 14.7. The van der Waals surface area contributed by atoms with Crippen molar-refractivity contribution in [2.45, 2.75) is 85.4 Å². The Bertz CT molecular complexity index is 2060. The van der Waals surface area contributed by atoms with Crippen molar-refractivity contribution >= 4 is 35.0 Å². The van der Waals surface area contributed by atoms with E-state index >= 15 is 0 Å². The van der Waals surface area contributed by atoms with Gasteiger partial charge in [-0.3, -0.25) is 29.4 Å². The molecule has 2 aromatic carbocycles. The van der Waals surface area contributed by atoms with Crippen LogP contribution in [0.25, 0.3) is 0 Å². The van der Waals surface area contributed by atoms with Crippen LogP contribution in [0.2, 0.25) is 0 Å². The van der Waals surface area contributed by atoms with Crippen LogP contribution in [-0.2, 0) is 9.59 Å². The first kappa shape index (κ1) is 40.6. The third-order valence-corrected chi connectivity index (χ3v) is 12.9. The van der Waals surface area contributed by atoms with Gasteiger partial charge in [0.25, 0.3) is 11.8 Å². The molecule has 1 atom stereocenters. The molecule has 4 amide bonds. The van der Waals surface area contributed by atoms with E-state index in [1.165, 1.54) is 0 Å². The number of imide groups is 1. The lowest BCUT2D eigenvalue weighted by atomic mass is 9.48. The van der Waals surface area contributed by atoms with Crippen LogP contribution in [0.3, 0.4) is 0 Å². The summed E-state index contributed by atoms with van der Waals surface area (Å²) in [4.78, 5) is 68.8. The first-order chi connectivity index (χ1) is 27.6. The van der Waals surface area contributed by atoms with E-state index in [1.54, 1.807) is 17.3 Å². The van der Waals surface area contributed by atoms with Crippen LogP contribution >= 0.6 is 0 Å². The van der Waals surface area contributed by atoms with Gasteiger partial charge in [-0.15, -0.1) is 0 Å². The number of aromatic nitrogens is 2. The molecule has 0 bridgehead atoms. The molecule has 3 aliphatic heterocycles. The zero-order valence-electron chi connectivity index (χ0n) is 34.5. The summed E-state index contributed by atoms with van der Waals surface area (Å²) in [5, 5.41) is 12.1. The highest BCUT2D eigenvalue weighted by Gasteiger charge is 2.67. The SMILES string of the molecule is Cc1cc(OC2C(C)(C)C(N(C(=O)c3ccc(N4CCC(CN5CCN(c6cnc(C(N)=O)nc6)CC5)CC4)cc3)[C@H]3CCC(=O)NC3=O)C2(C)C)cc(C)c1C#N. The molecule has 14 heteroatoms. The second-order valence-electron chi connectivity index (χ2n) is 17.7. The van der Waals surface area contributed by atoms with E-state index in [9.17, 15) is 24.4 Å². The lowest BCUT2D eigenvalue weighted by Crippen LogP contribution is -2.77. The molecule has 3 aromatic rings. The molecule has 58 heavy (non-hydrogen) atoms. The number of carbonyl (C=O) groups excluding carboxylic acids is 4. The number of amides is 4. The lowest BCUT2D eigenvalue weighted by molar-refractivity contribution is -0.206. The van der Waals surface area contributed by atoms with E-state index in [2.05, 4.69) is 63.7 Å². The standard InChI is InChI=1S/C44H55N9O5/c1-27-21-33(22-28(2)34(27)23-45)58-42-43(3,4)41(44(42,5)6)53(35-11-12-36(54)49-39(35)56)40(57)30-7-9-31(10-8-30)51-15-13-29(14-16-51)26-50-17-19-52(20-18-50)32-24-47-38(37(46)55)48-25-32/h7-10,21-22,24-25,29,35,41-42H,11-20,26H2,1-6H3,(H2,46,55)(H,49,54,56)/t35-,41?,42?/m0/s1. The van der Waals surface area contributed by atoms with Crippen LogP contribution in [0.15, 0.2) is 48.8 Å². The fourth-order valence-corrected chi connectivity index (χ4v) is 10.3. The predicted molar refractivity (Wildman–Crippen MR) is 219 cm³/mol. The number of aryl methyl sites for hydroxylation is 2. The number of benzene rings is 2. The molecule has 3 saturated heterocycles. The summed E-state index contributed by atoms with van der Waals surface area (Å²) in [5.41, 5.74) is 8.91. The number of hydrogen-bond acceptors (Lipinski definition) is 11. The third-order valence-electron chi connectivity index (χ3n) is 12.9. The Morgan fingerprint density at radius 2 is 1.48 bits per heavy atom. The van der Waals surface area contributed by atoms with Crippen molar-refractivity contribution in [1.29, 1.82) is 5.26 Å². The van der Waals surface area contributed by atoms with Crippen molar-refractivity contribution < 1.29 is 23.9 Å². The van der Waals surface area contributed by atoms with Crippen LogP contribution in [0.5, 0.6) is 5.75 Å². The second-order valence-corrected chi connectivity index (χ2v) is 17.7. The average Bonchev–Trinajstić information content (AvgIpc) is 3.19. The van der Waals surface area contributed by atoms with Gasteiger partial charge in [0.2, 0.25) is 17.6 Å². The number of ether oxygens (including phenoxy) is 1. The van der Waals surface area contributed by atoms with Crippen molar-refractivity contribution in [1.82, 2.24) is 25.1 Å². The largest absolute Gasteiger partial charge is 0.489 e. The van der Waals surface area contributed by atoms with Gasteiger partial charge < -0.3 is 25.2 Å². The Morgan fingerprint density at radius 3 is 2.03 bits per heavy atom. The van der Waals surface area contributed by atoms with Gasteiger partial charge in [0.1, 0.15) is 17.9 Å². The Hall–Kier alpha value is -5.55. The van der Waals surface area contributed by atoms with Gasteiger partial charge >= 0.3 is 0 Å². The molecule has 1 saturated carbocycles. The number of nitrogens with zero attached hydrogens (tertiary/aromatic N) is 7. The van der Waals surface area contributed by atoms with Crippen LogP contribution in [0, 0.1) is 41.9 Å². The van der Waals surface area contributed by atoms with Crippen LogP contribution in [0.4, 0.5) is 11.4 Å². The predicted octanol–water partition coefficient (Wildman–Crippen LogP) is 4.23. The van der Waals surface area contributed by atoms with Gasteiger partial charge in [-0.2, -0.15) is 5.26 Å². The number of primary amides is 1. The molecule has 1 aromatic heterocycles. The Balaban J connectivity index is 0.994. The Labute approximate surface area is 340 Å². The molecule has 7 rings (SSSR count). The van der Waals surface area contributed by atoms with E-state index < -0.39 is 28.7 Å². The molecule has 0 unspecified atom stereocenters. The number of hydrogen-bond donors (Lipinski definition) is 2. The van der Waals surface area contributed by atoms with Gasteiger partial charge in [0.15, 0.2) is 0 Å². The smallest absolute Gasteiger partial charge is 0.286 e. The maximum Gasteiger partial charge on any atom is 0.286 e. The Morgan fingerprint density at radius 1 is 0.897 bits per heavy atom. The van der Waals surface area contributed by atoms with Crippen LogP contribution < -0.4 is 25.6 Å². The number of piperazine rings is 1. The summed E-state index contributed by atoms with van der Waals surface area (Å²) in [6, 6.07) is 12.6. The van der Waals surface area contributed by atoms with Gasteiger partial charge in [-0.1, -0.05) is 27.7 Å². The minimum Gasteiger partial charge on any atom is -0.489 e. The number of carbonyl (C=O) groups is 4. The zero-order chi connectivity index (χ0) is 41.5. The van der Waals surface area contributed by atoms with Crippen molar-refractivity contribution in [3.8, 4) is 11.8 Å². The minimum atomic E-state index is -0.806.